The summed E-state index contributed by atoms with van der Waals surface area (Å²) in [7, 11) is 0. The number of rotatable bonds is 4. The lowest BCUT2D eigenvalue weighted by molar-refractivity contribution is -0.524. The van der Waals surface area contributed by atoms with Crippen LogP contribution in [0.1, 0.15) is 16.7 Å². The second-order valence-electron chi connectivity index (χ2n) is 13.5. The van der Waals surface area contributed by atoms with Gasteiger partial charge in [0.2, 0.25) is 0 Å². The van der Waals surface area contributed by atoms with Crippen LogP contribution in [0.5, 0.6) is 0 Å². The Labute approximate surface area is 282 Å². The molecule has 8 aromatic rings. The van der Waals surface area contributed by atoms with Gasteiger partial charge in [-0.2, -0.15) is 0 Å². The molecule has 0 amide bonds. The van der Waals surface area contributed by atoms with Crippen molar-refractivity contribution in [3.05, 3.63) is 181 Å². The summed E-state index contributed by atoms with van der Waals surface area (Å²) < 4.78 is 2.57. The van der Waals surface area contributed by atoms with E-state index < -0.39 is 6.28 Å². The highest BCUT2D eigenvalue weighted by atomic mass is 14.9. The van der Waals surface area contributed by atoms with Crippen molar-refractivity contribution < 1.29 is 4.48 Å². The highest BCUT2D eigenvalue weighted by Crippen LogP contribution is 2.43. The minimum Gasteiger partial charge on any atom is -0.408 e. The number of pyridine rings is 1. The number of benzene rings is 7. The first-order valence-corrected chi connectivity index (χ1v) is 17.0. The predicted octanol–water partition coefficient (Wildman–Crippen LogP) is 9.04. The minimum atomic E-state index is -1.50. The van der Waals surface area contributed by atoms with E-state index in [-0.39, 0.29) is 0 Å². The van der Waals surface area contributed by atoms with Crippen LogP contribution in [0.2, 0.25) is 0 Å². The average Bonchev–Trinajstić information content (AvgIpc) is 3.41. The van der Waals surface area contributed by atoms with Gasteiger partial charge in [0.1, 0.15) is 6.20 Å². The minimum absolute atomic E-state index is 1.23. The highest BCUT2D eigenvalue weighted by molar-refractivity contribution is 7.07. The summed E-state index contributed by atoms with van der Waals surface area (Å²) in [5.74, 6) is 0. The fourth-order valence-corrected chi connectivity index (χ4v) is 9.20. The van der Waals surface area contributed by atoms with E-state index in [0.717, 1.165) is 0 Å². The lowest BCUT2D eigenvalue weighted by Gasteiger charge is -2.36. The third-order valence-corrected chi connectivity index (χ3v) is 10.8. The van der Waals surface area contributed by atoms with Crippen molar-refractivity contribution in [3.8, 4) is 33.5 Å². The van der Waals surface area contributed by atoms with Crippen molar-refractivity contribution in [2.24, 2.45) is 0 Å². The van der Waals surface area contributed by atoms with Gasteiger partial charge in [-0.1, -0.05) is 162 Å². The molecule has 0 bridgehead atoms. The summed E-state index contributed by atoms with van der Waals surface area (Å²) in [6, 6.07) is 58.6. The largest absolute Gasteiger partial charge is 0.408 e. The number of hydrogen-bond donors (Lipinski definition) is 0. The third-order valence-electron chi connectivity index (χ3n) is 10.8. The van der Waals surface area contributed by atoms with E-state index in [9.17, 15) is 0 Å². The molecule has 0 spiro atoms. The molecule has 1 nitrogen and oxygen atoms in total. The van der Waals surface area contributed by atoms with Crippen LogP contribution in [0, 0.1) is 20.8 Å². The Hall–Kier alpha value is -5.73. The molecular formula is C46H36BN. The van der Waals surface area contributed by atoms with Crippen molar-refractivity contribution in [1.29, 1.82) is 0 Å². The topological polar surface area (TPSA) is 3.88 Å². The zero-order valence-corrected chi connectivity index (χ0v) is 27.6. The Morgan fingerprint density at radius 2 is 0.958 bits per heavy atom. The van der Waals surface area contributed by atoms with Crippen LogP contribution in [0.15, 0.2) is 164 Å². The number of aromatic nitrogens is 1. The van der Waals surface area contributed by atoms with Gasteiger partial charge in [-0.15, -0.1) is 16.4 Å². The monoisotopic (exact) mass is 613 g/mol. The van der Waals surface area contributed by atoms with Crippen LogP contribution in [0.4, 0.5) is 0 Å². The van der Waals surface area contributed by atoms with Gasteiger partial charge in [0, 0.05) is 11.6 Å². The van der Waals surface area contributed by atoms with E-state index in [1.165, 1.54) is 88.1 Å². The summed E-state index contributed by atoms with van der Waals surface area (Å²) in [6.07, 6.45) is 0.802. The van der Waals surface area contributed by atoms with Crippen molar-refractivity contribution in [3.63, 3.8) is 0 Å². The van der Waals surface area contributed by atoms with Crippen LogP contribution >= 0.6 is 0 Å². The van der Waals surface area contributed by atoms with Gasteiger partial charge in [-0.05, 0) is 70.6 Å². The van der Waals surface area contributed by atoms with Crippen molar-refractivity contribution in [2.75, 3.05) is 0 Å². The summed E-state index contributed by atoms with van der Waals surface area (Å²) in [6.45, 7) is 6.80. The van der Waals surface area contributed by atoms with Gasteiger partial charge in [-0.25, -0.2) is 0 Å². The molecule has 0 saturated carbocycles. The second-order valence-corrected chi connectivity index (χ2v) is 13.5. The Morgan fingerprint density at radius 1 is 0.458 bits per heavy atom. The van der Waals surface area contributed by atoms with E-state index in [4.69, 9.17) is 0 Å². The average molecular weight is 614 g/mol. The van der Waals surface area contributed by atoms with Crippen LogP contribution < -0.4 is 20.9 Å². The SMILES string of the molecule is Cc1cc(C)c([B@@-]2(c3ccc(-c4c5ccccc5c(-c5ccccc5)c5ccccc45)cc3)c3ccccc3-c3cccc[n+]32)c(C)c1. The van der Waals surface area contributed by atoms with Crippen LogP contribution in [-0.2, 0) is 0 Å². The zero-order valence-electron chi connectivity index (χ0n) is 27.6. The third kappa shape index (κ3) is 4.02. The molecule has 1 aliphatic heterocycles. The van der Waals surface area contributed by atoms with Gasteiger partial charge >= 0.3 is 6.28 Å². The van der Waals surface area contributed by atoms with Gasteiger partial charge < -0.3 is 4.48 Å². The number of fused-ring (bicyclic) bond motifs is 5. The van der Waals surface area contributed by atoms with Crippen molar-refractivity contribution in [2.45, 2.75) is 20.8 Å². The quantitative estimate of drug-likeness (QED) is 0.138. The van der Waals surface area contributed by atoms with E-state index >= 15 is 0 Å². The molecule has 1 aliphatic rings. The van der Waals surface area contributed by atoms with Crippen LogP contribution in [0.3, 0.4) is 0 Å². The number of aryl methyl sites for hydroxylation is 3. The van der Waals surface area contributed by atoms with E-state index in [0.29, 0.717) is 0 Å². The molecule has 2 heteroatoms. The lowest BCUT2D eigenvalue weighted by atomic mass is 9.23. The van der Waals surface area contributed by atoms with Gasteiger partial charge in [0.25, 0.3) is 0 Å². The fraction of sp³-hybridized carbons (Fsp3) is 0.0652. The Balaban J connectivity index is 1.33. The van der Waals surface area contributed by atoms with Crippen molar-refractivity contribution >= 4 is 44.2 Å². The molecule has 0 fully saturated rings. The maximum absolute atomic E-state index is 2.57. The smallest absolute Gasteiger partial charge is 0.361 e. The predicted molar refractivity (Wildman–Crippen MR) is 205 cm³/mol. The highest BCUT2D eigenvalue weighted by Gasteiger charge is 2.50. The standard InChI is InChI=1S/C46H36BN/c1-31-29-32(2)46(33(3)30-31)47(42-22-12-11-21-41(42)43-23-13-14-28-48(43)47)36-26-24-35(25-27-36)45-39-19-9-7-17-37(39)44(34-15-5-4-6-16-34)38-18-8-10-20-40(38)45/h4-30H,1-3H3/t47-/m1/s1. The van der Waals surface area contributed by atoms with Gasteiger partial charge in [-0.3, -0.25) is 0 Å². The van der Waals surface area contributed by atoms with E-state index in [1.54, 1.807) is 0 Å². The molecule has 9 rings (SSSR count). The molecule has 0 aliphatic carbocycles. The van der Waals surface area contributed by atoms with E-state index in [1.807, 2.05) is 0 Å². The molecule has 0 N–H and O–H groups in total. The molecule has 2 heterocycles. The molecule has 228 valence electrons. The Bertz CT molecular complexity index is 2400. The zero-order chi connectivity index (χ0) is 32.4. The first-order chi connectivity index (χ1) is 23.6. The van der Waals surface area contributed by atoms with Gasteiger partial charge in [0.15, 0.2) is 5.69 Å². The normalized spacial score (nSPS) is 15.1. The summed E-state index contributed by atoms with van der Waals surface area (Å²) >= 11 is 0. The Kier molecular flexibility index (Phi) is 6.49. The summed E-state index contributed by atoms with van der Waals surface area (Å²) in [5, 5.41) is 5.11. The maximum atomic E-state index is 2.57. The second kappa shape index (κ2) is 10.9. The molecule has 0 saturated heterocycles. The molecular weight excluding hydrogens is 577 g/mol. The number of hydrogen-bond acceptors (Lipinski definition) is 0. The fourth-order valence-electron chi connectivity index (χ4n) is 9.20. The Morgan fingerprint density at radius 3 is 1.56 bits per heavy atom. The molecule has 1 aromatic heterocycles. The first kappa shape index (κ1) is 28.5. The van der Waals surface area contributed by atoms with Crippen molar-refractivity contribution in [1.82, 2.24) is 0 Å². The molecule has 7 aromatic carbocycles. The lowest BCUT2D eigenvalue weighted by Crippen LogP contribution is -2.83. The van der Waals surface area contributed by atoms with Crippen LogP contribution in [0.25, 0.3) is 55.1 Å². The van der Waals surface area contributed by atoms with Crippen LogP contribution in [-0.4, -0.2) is 6.28 Å². The molecule has 1 atom stereocenters. The van der Waals surface area contributed by atoms with Gasteiger partial charge in [0.05, 0.1) is 0 Å². The van der Waals surface area contributed by atoms with E-state index in [2.05, 4.69) is 189 Å². The molecule has 0 unspecified atom stereocenters. The first-order valence-electron chi connectivity index (χ1n) is 17.0. The maximum Gasteiger partial charge on any atom is 0.361 e. The summed E-state index contributed by atoms with van der Waals surface area (Å²) in [5.41, 5.74) is 15.8. The molecule has 0 radical (unpaired) electrons. The number of nitrogens with zero attached hydrogens (tertiary/aromatic N) is 1. The molecule has 48 heavy (non-hydrogen) atoms. The summed E-state index contributed by atoms with van der Waals surface area (Å²) in [4.78, 5) is 0.